The molecule has 0 spiro atoms. The van der Waals surface area contributed by atoms with Crippen molar-refractivity contribution in [3.05, 3.63) is 70.7 Å². The van der Waals surface area contributed by atoms with Gasteiger partial charge in [-0.15, -0.1) is 0 Å². The van der Waals surface area contributed by atoms with E-state index in [9.17, 15) is 4.79 Å². The van der Waals surface area contributed by atoms with Gasteiger partial charge in [-0.1, -0.05) is 54.1 Å². The van der Waals surface area contributed by atoms with Gasteiger partial charge in [0.25, 0.3) is 0 Å². The lowest BCUT2D eigenvalue weighted by Crippen LogP contribution is -1.85. The molecule has 84 valence electrons. The number of aldehydes is 1. The standard InChI is InChI=1S/C15H11ClO/c16-15-8-6-12(7-9-15)10-14(11-17)13-4-2-1-3-5-13/h1-11H/b14-10-. The van der Waals surface area contributed by atoms with Crippen LogP contribution in [0.2, 0.25) is 5.02 Å². The first kappa shape index (κ1) is 11.6. The summed E-state index contributed by atoms with van der Waals surface area (Å²) in [5.41, 5.74) is 2.53. The molecule has 2 rings (SSSR count). The van der Waals surface area contributed by atoms with Crippen molar-refractivity contribution in [3.8, 4) is 0 Å². The third-order valence-electron chi connectivity index (χ3n) is 2.43. The quantitative estimate of drug-likeness (QED) is 0.450. The van der Waals surface area contributed by atoms with E-state index in [0.29, 0.717) is 10.6 Å². The van der Waals surface area contributed by atoms with Crippen molar-refractivity contribution in [2.24, 2.45) is 0 Å². The van der Waals surface area contributed by atoms with Crippen LogP contribution in [0.4, 0.5) is 0 Å². The van der Waals surface area contributed by atoms with Gasteiger partial charge in [0.1, 0.15) is 0 Å². The smallest absolute Gasteiger partial charge is 0.150 e. The van der Waals surface area contributed by atoms with Crippen LogP contribution in [-0.4, -0.2) is 6.29 Å². The van der Waals surface area contributed by atoms with Crippen LogP contribution in [0.15, 0.2) is 54.6 Å². The van der Waals surface area contributed by atoms with Crippen molar-refractivity contribution < 1.29 is 4.79 Å². The number of halogens is 1. The van der Waals surface area contributed by atoms with E-state index < -0.39 is 0 Å². The Bertz CT molecular complexity index is 527. The van der Waals surface area contributed by atoms with E-state index in [1.165, 1.54) is 0 Å². The van der Waals surface area contributed by atoms with E-state index in [1.807, 2.05) is 48.5 Å². The second kappa shape index (κ2) is 5.46. The molecule has 2 aromatic carbocycles. The first-order valence-electron chi connectivity index (χ1n) is 5.27. The highest BCUT2D eigenvalue weighted by Crippen LogP contribution is 2.17. The van der Waals surface area contributed by atoms with E-state index in [0.717, 1.165) is 17.4 Å². The maximum atomic E-state index is 11.1. The summed E-state index contributed by atoms with van der Waals surface area (Å²) < 4.78 is 0. The zero-order chi connectivity index (χ0) is 12.1. The third kappa shape index (κ3) is 3.05. The van der Waals surface area contributed by atoms with Crippen molar-refractivity contribution in [2.75, 3.05) is 0 Å². The Morgan fingerprint density at radius 3 is 2.18 bits per heavy atom. The molecule has 0 unspecified atom stereocenters. The molecule has 17 heavy (non-hydrogen) atoms. The minimum atomic E-state index is 0.660. The molecule has 0 heterocycles. The monoisotopic (exact) mass is 242 g/mol. The van der Waals surface area contributed by atoms with Crippen LogP contribution in [0, 0.1) is 0 Å². The number of benzene rings is 2. The predicted octanol–water partition coefficient (Wildman–Crippen LogP) is 4.08. The van der Waals surface area contributed by atoms with Crippen molar-refractivity contribution in [1.82, 2.24) is 0 Å². The summed E-state index contributed by atoms with van der Waals surface area (Å²) in [4.78, 5) is 11.1. The van der Waals surface area contributed by atoms with Gasteiger partial charge >= 0.3 is 0 Å². The normalized spacial score (nSPS) is 11.2. The molecular formula is C15H11ClO. The Hall–Kier alpha value is -1.86. The first-order valence-corrected chi connectivity index (χ1v) is 5.65. The molecule has 0 aliphatic carbocycles. The lowest BCUT2D eigenvalue weighted by molar-refractivity contribution is -0.103. The van der Waals surface area contributed by atoms with Crippen LogP contribution in [0.3, 0.4) is 0 Å². The van der Waals surface area contributed by atoms with Gasteiger partial charge in [-0.3, -0.25) is 4.79 Å². The largest absolute Gasteiger partial charge is 0.298 e. The number of allylic oxidation sites excluding steroid dienone is 1. The first-order chi connectivity index (χ1) is 8.29. The van der Waals surface area contributed by atoms with Gasteiger partial charge in [-0.25, -0.2) is 0 Å². The zero-order valence-corrected chi connectivity index (χ0v) is 9.89. The molecule has 0 bridgehead atoms. The van der Waals surface area contributed by atoms with Crippen LogP contribution in [-0.2, 0) is 4.79 Å². The molecule has 2 heteroatoms. The average Bonchev–Trinajstić information content (AvgIpc) is 2.39. The molecule has 0 atom stereocenters. The summed E-state index contributed by atoms with van der Waals surface area (Å²) in [6, 6.07) is 17.0. The molecule has 0 aromatic heterocycles. The number of rotatable bonds is 3. The van der Waals surface area contributed by atoms with Crippen molar-refractivity contribution in [2.45, 2.75) is 0 Å². The highest BCUT2D eigenvalue weighted by atomic mass is 35.5. The SMILES string of the molecule is O=C/C(=C/c1ccc(Cl)cc1)c1ccccc1. The number of hydrogen-bond acceptors (Lipinski definition) is 1. The maximum absolute atomic E-state index is 11.1. The molecule has 0 amide bonds. The third-order valence-corrected chi connectivity index (χ3v) is 2.68. The summed E-state index contributed by atoms with van der Waals surface area (Å²) in [5.74, 6) is 0. The fourth-order valence-corrected chi connectivity index (χ4v) is 1.68. The van der Waals surface area contributed by atoms with Crippen LogP contribution >= 0.6 is 11.6 Å². The highest BCUT2D eigenvalue weighted by molar-refractivity contribution is 6.30. The second-order valence-corrected chi connectivity index (χ2v) is 4.07. The Labute approximate surface area is 105 Å². The summed E-state index contributed by atoms with van der Waals surface area (Å²) in [6.07, 6.45) is 2.71. The minimum absolute atomic E-state index is 0.660. The maximum Gasteiger partial charge on any atom is 0.150 e. The predicted molar refractivity (Wildman–Crippen MR) is 71.8 cm³/mol. The molecule has 0 fully saturated rings. The van der Waals surface area contributed by atoms with Crippen LogP contribution in [0.5, 0.6) is 0 Å². The fourth-order valence-electron chi connectivity index (χ4n) is 1.55. The molecule has 0 N–H and O–H groups in total. The van der Waals surface area contributed by atoms with E-state index in [-0.39, 0.29) is 0 Å². The molecule has 0 aliphatic heterocycles. The van der Waals surface area contributed by atoms with Crippen molar-refractivity contribution in [1.29, 1.82) is 0 Å². The average molecular weight is 243 g/mol. The van der Waals surface area contributed by atoms with Gasteiger partial charge in [-0.05, 0) is 29.3 Å². The van der Waals surface area contributed by atoms with E-state index in [1.54, 1.807) is 12.1 Å². The minimum Gasteiger partial charge on any atom is -0.298 e. The number of carbonyl (C=O) groups is 1. The Morgan fingerprint density at radius 2 is 1.59 bits per heavy atom. The van der Waals surface area contributed by atoms with Crippen molar-refractivity contribution >= 4 is 29.5 Å². The van der Waals surface area contributed by atoms with Gasteiger partial charge in [0.2, 0.25) is 0 Å². The molecule has 0 saturated heterocycles. The van der Waals surface area contributed by atoms with E-state index in [4.69, 9.17) is 11.6 Å². The Balaban J connectivity index is 2.36. The number of hydrogen-bond donors (Lipinski definition) is 0. The van der Waals surface area contributed by atoms with E-state index >= 15 is 0 Å². The van der Waals surface area contributed by atoms with E-state index in [2.05, 4.69) is 0 Å². The van der Waals surface area contributed by atoms with Gasteiger partial charge in [0.15, 0.2) is 6.29 Å². The van der Waals surface area contributed by atoms with Crippen LogP contribution in [0.25, 0.3) is 11.6 Å². The lowest BCUT2D eigenvalue weighted by atomic mass is 10.0. The van der Waals surface area contributed by atoms with Crippen LogP contribution in [0.1, 0.15) is 11.1 Å². The Morgan fingerprint density at radius 1 is 0.941 bits per heavy atom. The molecule has 0 saturated carbocycles. The molecule has 0 radical (unpaired) electrons. The highest BCUT2D eigenvalue weighted by Gasteiger charge is 1.99. The summed E-state index contributed by atoms with van der Waals surface area (Å²) in [6.45, 7) is 0. The van der Waals surface area contributed by atoms with Gasteiger partial charge in [0.05, 0.1) is 0 Å². The molecule has 0 aliphatic rings. The number of carbonyl (C=O) groups excluding carboxylic acids is 1. The fraction of sp³-hybridized carbons (Fsp3) is 0. The van der Waals surface area contributed by atoms with Crippen molar-refractivity contribution in [3.63, 3.8) is 0 Å². The summed E-state index contributed by atoms with van der Waals surface area (Å²) in [7, 11) is 0. The zero-order valence-electron chi connectivity index (χ0n) is 9.14. The van der Waals surface area contributed by atoms with Gasteiger partial charge in [-0.2, -0.15) is 0 Å². The topological polar surface area (TPSA) is 17.1 Å². The summed E-state index contributed by atoms with van der Waals surface area (Å²) >= 11 is 5.81. The van der Waals surface area contributed by atoms with Crippen LogP contribution < -0.4 is 0 Å². The molecule has 1 nitrogen and oxygen atoms in total. The lowest BCUT2D eigenvalue weighted by Gasteiger charge is -2.00. The van der Waals surface area contributed by atoms with Gasteiger partial charge in [0, 0.05) is 10.6 Å². The Kier molecular flexibility index (Phi) is 3.73. The molecular weight excluding hydrogens is 232 g/mol. The summed E-state index contributed by atoms with van der Waals surface area (Å²) in [5, 5.41) is 0.689. The molecule has 2 aromatic rings. The van der Waals surface area contributed by atoms with Gasteiger partial charge < -0.3 is 0 Å². The second-order valence-electron chi connectivity index (χ2n) is 3.64.